The van der Waals surface area contributed by atoms with Crippen molar-refractivity contribution in [2.75, 3.05) is 0 Å². The van der Waals surface area contributed by atoms with E-state index in [0.717, 1.165) is 29.5 Å². The molecule has 0 amide bonds. The summed E-state index contributed by atoms with van der Waals surface area (Å²) in [5.41, 5.74) is 3.70. The summed E-state index contributed by atoms with van der Waals surface area (Å²) < 4.78 is 5.59. The van der Waals surface area contributed by atoms with Crippen LogP contribution in [-0.4, -0.2) is 17.9 Å². The van der Waals surface area contributed by atoms with E-state index in [9.17, 15) is 9.59 Å². The Hall–Kier alpha value is -1.64. The summed E-state index contributed by atoms with van der Waals surface area (Å²) in [4.78, 5) is 25.2. The predicted octanol–water partition coefficient (Wildman–Crippen LogP) is 4.80. The lowest BCUT2D eigenvalue weighted by Gasteiger charge is -2.24. The molecule has 1 aromatic rings. The van der Waals surface area contributed by atoms with Gasteiger partial charge in [0.15, 0.2) is 6.10 Å². The Kier molecular flexibility index (Phi) is 6.99. The quantitative estimate of drug-likeness (QED) is 0.536. The minimum atomic E-state index is -0.720. The highest BCUT2D eigenvalue weighted by Crippen LogP contribution is 2.23. The van der Waals surface area contributed by atoms with Crippen LogP contribution in [0.4, 0.5) is 0 Å². The van der Waals surface area contributed by atoms with Gasteiger partial charge in [-0.1, -0.05) is 51.8 Å². The summed E-state index contributed by atoms with van der Waals surface area (Å²) in [7, 11) is 0. The number of rotatable bonds is 7. The molecule has 0 aliphatic carbocycles. The zero-order valence-electron chi connectivity index (χ0n) is 15.5. The number of Topliss-reactive ketones (excluding diaryl/α,β-unsaturated/α-hetero) is 1. The fourth-order valence-corrected chi connectivity index (χ4v) is 3.00. The first-order chi connectivity index (χ1) is 10.7. The van der Waals surface area contributed by atoms with Gasteiger partial charge in [-0.15, -0.1) is 0 Å². The molecule has 23 heavy (non-hydrogen) atoms. The van der Waals surface area contributed by atoms with Crippen LogP contribution >= 0.6 is 0 Å². The SMILES string of the molecule is CCCC(C)C(=O)OC(C(=O)c1c(C)cc(C)cc1C)C(C)C. The highest BCUT2D eigenvalue weighted by molar-refractivity contribution is 6.03. The summed E-state index contributed by atoms with van der Waals surface area (Å²) in [5.74, 6) is -0.594. The minimum absolute atomic E-state index is 0.0552. The average Bonchev–Trinajstić information content (AvgIpc) is 2.42. The third kappa shape index (κ3) is 4.92. The van der Waals surface area contributed by atoms with E-state index in [4.69, 9.17) is 4.74 Å². The molecule has 0 bridgehead atoms. The van der Waals surface area contributed by atoms with E-state index in [1.54, 1.807) is 0 Å². The highest BCUT2D eigenvalue weighted by atomic mass is 16.5. The van der Waals surface area contributed by atoms with Crippen LogP contribution in [0.25, 0.3) is 0 Å². The molecule has 0 radical (unpaired) electrons. The molecule has 2 atom stereocenters. The van der Waals surface area contributed by atoms with E-state index in [2.05, 4.69) is 0 Å². The molecule has 0 aliphatic heterocycles. The summed E-state index contributed by atoms with van der Waals surface area (Å²) >= 11 is 0. The second kappa shape index (κ2) is 8.28. The lowest BCUT2D eigenvalue weighted by atomic mass is 9.90. The van der Waals surface area contributed by atoms with Gasteiger partial charge in [0.2, 0.25) is 5.78 Å². The molecule has 0 aliphatic rings. The zero-order valence-corrected chi connectivity index (χ0v) is 15.5. The molecule has 0 aromatic heterocycles. The molecular weight excluding hydrogens is 288 g/mol. The van der Waals surface area contributed by atoms with Gasteiger partial charge in [-0.2, -0.15) is 0 Å². The molecule has 0 saturated heterocycles. The fourth-order valence-electron chi connectivity index (χ4n) is 3.00. The third-order valence-corrected chi connectivity index (χ3v) is 4.15. The maximum Gasteiger partial charge on any atom is 0.309 e. The van der Waals surface area contributed by atoms with Gasteiger partial charge in [0, 0.05) is 5.56 Å². The van der Waals surface area contributed by atoms with E-state index in [1.165, 1.54) is 0 Å². The standard InChI is InChI=1S/C20H30O3/c1-8-9-14(5)20(22)23-19(12(2)3)18(21)17-15(6)10-13(4)11-16(17)7/h10-12,14,19H,8-9H2,1-7H3. The van der Waals surface area contributed by atoms with Gasteiger partial charge in [0.05, 0.1) is 5.92 Å². The molecule has 0 N–H and O–H groups in total. The third-order valence-electron chi connectivity index (χ3n) is 4.15. The molecule has 0 saturated carbocycles. The van der Waals surface area contributed by atoms with Crippen molar-refractivity contribution in [1.82, 2.24) is 0 Å². The fraction of sp³-hybridized carbons (Fsp3) is 0.600. The van der Waals surface area contributed by atoms with E-state index < -0.39 is 6.10 Å². The molecule has 1 aromatic carbocycles. The second-order valence-corrected chi connectivity index (χ2v) is 6.93. The van der Waals surface area contributed by atoms with Crippen LogP contribution in [-0.2, 0) is 9.53 Å². The van der Waals surface area contributed by atoms with E-state index in [1.807, 2.05) is 60.6 Å². The van der Waals surface area contributed by atoms with E-state index in [-0.39, 0.29) is 23.6 Å². The first kappa shape index (κ1) is 19.4. The van der Waals surface area contributed by atoms with Crippen LogP contribution in [0.2, 0.25) is 0 Å². The Morgan fingerprint density at radius 3 is 2.00 bits per heavy atom. The van der Waals surface area contributed by atoms with E-state index in [0.29, 0.717) is 5.56 Å². The Morgan fingerprint density at radius 1 is 1.04 bits per heavy atom. The Balaban J connectivity index is 3.07. The van der Waals surface area contributed by atoms with Crippen molar-refractivity contribution < 1.29 is 14.3 Å². The summed E-state index contributed by atoms with van der Waals surface area (Å²) in [5, 5.41) is 0. The Bertz CT molecular complexity index is 549. The van der Waals surface area contributed by atoms with Crippen molar-refractivity contribution in [2.45, 2.75) is 67.4 Å². The largest absolute Gasteiger partial charge is 0.453 e. The van der Waals surface area contributed by atoms with Crippen LogP contribution in [0, 0.1) is 32.6 Å². The van der Waals surface area contributed by atoms with Crippen LogP contribution in [0.3, 0.4) is 0 Å². The summed E-state index contributed by atoms with van der Waals surface area (Å²) in [6.45, 7) is 13.6. The van der Waals surface area contributed by atoms with Gasteiger partial charge >= 0.3 is 5.97 Å². The van der Waals surface area contributed by atoms with Gasteiger partial charge in [-0.05, 0) is 44.2 Å². The Morgan fingerprint density at radius 2 is 1.57 bits per heavy atom. The topological polar surface area (TPSA) is 43.4 Å². The minimum Gasteiger partial charge on any atom is -0.453 e. The molecule has 3 nitrogen and oxygen atoms in total. The zero-order chi connectivity index (χ0) is 17.7. The molecule has 0 heterocycles. The van der Waals surface area contributed by atoms with Crippen LogP contribution in [0.1, 0.15) is 67.6 Å². The lowest BCUT2D eigenvalue weighted by molar-refractivity contribution is -0.153. The van der Waals surface area contributed by atoms with Crippen molar-refractivity contribution in [3.63, 3.8) is 0 Å². The first-order valence-corrected chi connectivity index (χ1v) is 8.51. The van der Waals surface area contributed by atoms with Crippen LogP contribution in [0.15, 0.2) is 12.1 Å². The van der Waals surface area contributed by atoms with E-state index >= 15 is 0 Å². The molecule has 0 spiro atoms. The monoisotopic (exact) mass is 318 g/mol. The van der Waals surface area contributed by atoms with Crippen molar-refractivity contribution in [3.05, 3.63) is 34.4 Å². The molecule has 1 rings (SSSR count). The number of hydrogen-bond acceptors (Lipinski definition) is 3. The molecule has 0 fully saturated rings. The number of esters is 1. The van der Waals surface area contributed by atoms with Gasteiger partial charge in [-0.3, -0.25) is 9.59 Å². The average molecular weight is 318 g/mol. The molecule has 3 heteroatoms. The van der Waals surface area contributed by atoms with Crippen LogP contribution in [0.5, 0.6) is 0 Å². The van der Waals surface area contributed by atoms with Crippen molar-refractivity contribution in [2.24, 2.45) is 11.8 Å². The van der Waals surface area contributed by atoms with Crippen molar-refractivity contribution in [1.29, 1.82) is 0 Å². The second-order valence-electron chi connectivity index (χ2n) is 6.93. The molecule has 2 unspecified atom stereocenters. The van der Waals surface area contributed by atoms with Gasteiger partial charge in [0.1, 0.15) is 0 Å². The number of benzene rings is 1. The molecular formula is C20H30O3. The maximum atomic E-state index is 13.0. The normalized spacial score (nSPS) is 13.7. The number of aryl methyl sites for hydroxylation is 3. The summed E-state index contributed by atoms with van der Waals surface area (Å²) in [6, 6.07) is 4.00. The van der Waals surface area contributed by atoms with Crippen molar-refractivity contribution >= 4 is 11.8 Å². The summed E-state index contributed by atoms with van der Waals surface area (Å²) in [6.07, 6.45) is 0.981. The highest BCUT2D eigenvalue weighted by Gasteiger charge is 2.30. The van der Waals surface area contributed by atoms with Crippen molar-refractivity contribution in [3.8, 4) is 0 Å². The number of ketones is 1. The number of hydrogen-bond donors (Lipinski definition) is 0. The molecule has 128 valence electrons. The van der Waals surface area contributed by atoms with Gasteiger partial charge < -0.3 is 4.74 Å². The van der Waals surface area contributed by atoms with Gasteiger partial charge in [0.25, 0.3) is 0 Å². The Labute approximate surface area is 140 Å². The van der Waals surface area contributed by atoms with Gasteiger partial charge in [-0.25, -0.2) is 0 Å². The number of ether oxygens (including phenoxy) is 1. The maximum absolute atomic E-state index is 13.0. The van der Waals surface area contributed by atoms with Crippen LogP contribution < -0.4 is 0 Å². The lowest BCUT2D eigenvalue weighted by Crippen LogP contribution is -2.34. The first-order valence-electron chi connectivity index (χ1n) is 8.51. The predicted molar refractivity (Wildman–Crippen MR) is 93.8 cm³/mol. The smallest absolute Gasteiger partial charge is 0.309 e. The number of carbonyl (C=O) groups excluding carboxylic acids is 2. The number of carbonyl (C=O) groups is 2.